The Kier molecular flexibility index (Phi) is 4.98. The minimum absolute atomic E-state index is 0.0802. The molecule has 0 amide bonds. The molecule has 0 heterocycles. The molecule has 4 rings (SSSR count). The first kappa shape index (κ1) is 19.5. The Morgan fingerprint density at radius 3 is 2.70 bits per heavy atom. The fourth-order valence-electron chi connectivity index (χ4n) is 8.10. The first-order valence-corrected chi connectivity index (χ1v) is 11.3. The Morgan fingerprint density at radius 1 is 1.19 bits per heavy atom. The van der Waals surface area contributed by atoms with Crippen LogP contribution >= 0.6 is 0 Å². The highest BCUT2D eigenvalue weighted by Gasteiger charge is 2.58. The van der Waals surface area contributed by atoms with Gasteiger partial charge in [-0.2, -0.15) is 0 Å². The molecule has 1 unspecified atom stereocenters. The van der Waals surface area contributed by atoms with Crippen LogP contribution in [0.4, 0.5) is 0 Å². The van der Waals surface area contributed by atoms with Gasteiger partial charge in [0, 0.05) is 6.42 Å². The fraction of sp³-hybridized carbons (Fsp3) is 0.875. The highest BCUT2D eigenvalue weighted by molar-refractivity contribution is 5.66. The van der Waals surface area contributed by atoms with Crippen LogP contribution in [0.2, 0.25) is 0 Å². The van der Waals surface area contributed by atoms with E-state index in [1.165, 1.54) is 32.1 Å². The summed E-state index contributed by atoms with van der Waals surface area (Å²) in [4.78, 5) is 11.0. The zero-order valence-electron chi connectivity index (χ0n) is 17.4. The lowest BCUT2D eigenvalue weighted by Gasteiger charge is -2.58. The van der Waals surface area contributed by atoms with E-state index in [9.17, 15) is 9.90 Å². The van der Waals surface area contributed by atoms with Crippen LogP contribution in [0.3, 0.4) is 0 Å². The van der Waals surface area contributed by atoms with Crippen molar-refractivity contribution >= 4 is 5.97 Å². The number of hydrogen-bond acceptors (Lipinski definition) is 2. The Morgan fingerprint density at radius 2 is 1.96 bits per heavy atom. The number of carboxylic acid groups (broad SMARTS) is 1. The third-order valence-electron chi connectivity index (χ3n) is 9.64. The number of aliphatic carboxylic acids is 1. The van der Waals surface area contributed by atoms with Gasteiger partial charge in [-0.1, -0.05) is 32.9 Å². The molecule has 2 N–H and O–H groups in total. The Bertz CT molecular complexity index is 613. The topological polar surface area (TPSA) is 57.5 Å². The number of aliphatic hydroxyl groups is 1. The van der Waals surface area contributed by atoms with Crippen molar-refractivity contribution in [2.75, 3.05) is 0 Å². The molecule has 3 nitrogen and oxygen atoms in total. The molecule has 3 fully saturated rings. The molecule has 152 valence electrons. The van der Waals surface area contributed by atoms with Crippen molar-refractivity contribution in [1.29, 1.82) is 0 Å². The van der Waals surface area contributed by atoms with Crippen LogP contribution in [0, 0.1) is 46.3 Å². The predicted molar refractivity (Wildman–Crippen MR) is 107 cm³/mol. The van der Waals surface area contributed by atoms with Crippen LogP contribution in [-0.2, 0) is 4.79 Å². The number of allylic oxidation sites excluding steroid dienone is 2. The molecule has 3 saturated carbocycles. The Labute approximate surface area is 164 Å². The zero-order chi connectivity index (χ0) is 19.4. The minimum atomic E-state index is -0.661. The van der Waals surface area contributed by atoms with Crippen molar-refractivity contribution in [3.05, 3.63) is 12.2 Å². The number of fused-ring (bicyclic) bond motifs is 5. The lowest BCUT2D eigenvalue weighted by molar-refractivity contribution is -0.137. The van der Waals surface area contributed by atoms with Gasteiger partial charge < -0.3 is 10.2 Å². The maximum absolute atomic E-state index is 11.0. The quantitative estimate of drug-likeness (QED) is 0.658. The molecule has 0 aliphatic heterocycles. The van der Waals surface area contributed by atoms with Crippen molar-refractivity contribution in [1.82, 2.24) is 0 Å². The van der Waals surface area contributed by atoms with Gasteiger partial charge in [0.2, 0.25) is 0 Å². The highest BCUT2D eigenvalue weighted by Crippen LogP contribution is 2.66. The van der Waals surface area contributed by atoms with Gasteiger partial charge in [-0.15, -0.1) is 0 Å². The average molecular weight is 375 g/mol. The SMILES string of the molecule is C[C@H](CCC(=O)O)[C@H]1CC[C@H]2C3CC[C@@H]4C[C@@H](O)CC[C@]4(C)[C@H]3C=C[C@]12C. The molecule has 0 aromatic rings. The summed E-state index contributed by atoms with van der Waals surface area (Å²) in [7, 11) is 0. The first-order chi connectivity index (χ1) is 12.8. The van der Waals surface area contributed by atoms with Crippen molar-refractivity contribution in [2.24, 2.45) is 46.3 Å². The van der Waals surface area contributed by atoms with E-state index in [4.69, 9.17) is 5.11 Å². The molecule has 0 bridgehead atoms. The predicted octanol–water partition coefficient (Wildman–Crippen LogP) is 5.28. The second kappa shape index (κ2) is 6.90. The van der Waals surface area contributed by atoms with Gasteiger partial charge in [-0.25, -0.2) is 0 Å². The molecule has 0 aromatic carbocycles. The number of carbonyl (C=O) groups is 1. The minimum Gasteiger partial charge on any atom is -0.481 e. The Hall–Kier alpha value is -0.830. The first-order valence-electron chi connectivity index (χ1n) is 11.3. The van der Waals surface area contributed by atoms with Crippen molar-refractivity contribution < 1.29 is 15.0 Å². The van der Waals surface area contributed by atoms with Crippen molar-refractivity contribution in [3.8, 4) is 0 Å². The van der Waals surface area contributed by atoms with Crippen LogP contribution in [0.1, 0.15) is 78.6 Å². The molecule has 4 aliphatic carbocycles. The monoisotopic (exact) mass is 374 g/mol. The molecule has 0 aromatic heterocycles. The summed E-state index contributed by atoms with van der Waals surface area (Å²) in [5.41, 5.74) is 0.615. The lowest BCUT2D eigenvalue weighted by Crippen LogP contribution is -2.52. The number of aliphatic hydroxyl groups excluding tert-OH is 1. The zero-order valence-corrected chi connectivity index (χ0v) is 17.4. The number of rotatable bonds is 4. The molecular formula is C24H38O3. The van der Waals surface area contributed by atoms with E-state index >= 15 is 0 Å². The van der Waals surface area contributed by atoms with E-state index in [1.54, 1.807) is 0 Å². The van der Waals surface area contributed by atoms with Gasteiger partial charge in [0.05, 0.1) is 6.10 Å². The smallest absolute Gasteiger partial charge is 0.303 e. The van der Waals surface area contributed by atoms with Crippen molar-refractivity contribution in [2.45, 2.75) is 84.7 Å². The van der Waals surface area contributed by atoms with Gasteiger partial charge in [-0.05, 0) is 97.7 Å². The second-order valence-corrected chi connectivity index (χ2v) is 10.8. The van der Waals surface area contributed by atoms with Crippen LogP contribution in [-0.4, -0.2) is 22.3 Å². The second-order valence-electron chi connectivity index (χ2n) is 10.8. The number of hydrogen-bond donors (Lipinski definition) is 2. The van der Waals surface area contributed by atoms with Gasteiger partial charge in [0.1, 0.15) is 0 Å². The average Bonchev–Trinajstić information content (AvgIpc) is 2.97. The van der Waals surface area contributed by atoms with Crippen molar-refractivity contribution in [3.63, 3.8) is 0 Å². The van der Waals surface area contributed by atoms with Crippen LogP contribution in [0.25, 0.3) is 0 Å². The van der Waals surface area contributed by atoms with Gasteiger partial charge >= 0.3 is 5.97 Å². The van der Waals surface area contributed by atoms with E-state index in [0.717, 1.165) is 31.1 Å². The molecule has 27 heavy (non-hydrogen) atoms. The summed E-state index contributed by atoms with van der Waals surface area (Å²) in [5.74, 6) is 3.35. The largest absolute Gasteiger partial charge is 0.481 e. The van der Waals surface area contributed by atoms with Crippen LogP contribution in [0.5, 0.6) is 0 Å². The summed E-state index contributed by atoms with van der Waals surface area (Å²) >= 11 is 0. The summed E-state index contributed by atoms with van der Waals surface area (Å²) in [6, 6.07) is 0. The standard InChI is InChI=1S/C24H38O3/c1-15(4-9-22(26)27)19-7-8-20-18-6-5-16-14-17(25)10-12-23(16,2)21(18)11-13-24(19,20)3/h11,13,15-21,25H,4-10,12,14H2,1-3H3,(H,26,27)/t15-,16-,17+,18?,19-,20+,21+,23+,24-/m1/s1. The van der Waals surface area contributed by atoms with E-state index in [2.05, 4.69) is 32.9 Å². The van der Waals surface area contributed by atoms with E-state index in [-0.39, 0.29) is 11.5 Å². The normalized spacial score (nSPS) is 49.8. The molecule has 0 radical (unpaired) electrons. The lowest BCUT2D eigenvalue weighted by atomic mass is 9.46. The molecule has 0 spiro atoms. The molecule has 9 atom stereocenters. The molecule has 4 aliphatic rings. The Balaban J connectivity index is 1.56. The molecular weight excluding hydrogens is 336 g/mol. The maximum atomic E-state index is 11.0. The van der Waals surface area contributed by atoms with E-state index < -0.39 is 5.97 Å². The number of carboxylic acids is 1. The van der Waals surface area contributed by atoms with Gasteiger partial charge in [-0.3, -0.25) is 4.79 Å². The fourth-order valence-corrected chi connectivity index (χ4v) is 8.10. The van der Waals surface area contributed by atoms with Crippen LogP contribution in [0.15, 0.2) is 12.2 Å². The summed E-state index contributed by atoms with van der Waals surface area (Å²) < 4.78 is 0. The van der Waals surface area contributed by atoms with Gasteiger partial charge in [0.15, 0.2) is 0 Å². The third-order valence-corrected chi connectivity index (χ3v) is 9.64. The maximum Gasteiger partial charge on any atom is 0.303 e. The van der Waals surface area contributed by atoms with E-state index in [0.29, 0.717) is 35.5 Å². The summed E-state index contributed by atoms with van der Waals surface area (Å²) in [6.45, 7) is 7.26. The van der Waals surface area contributed by atoms with Gasteiger partial charge in [0.25, 0.3) is 0 Å². The summed E-state index contributed by atoms with van der Waals surface area (Å²) in [5, 5.41) is 19.3. The molecule has 3 heteroatoms. The summed E-state index contributed by atoms with van der Waals surface area (Å²) in [6.07, 6.45) is 14.5. The molecule has 0 saturated heterocycles. The highest BCUT2D eigenvalue weighted by atomic mass is 16.4. The van der Waals surface area contributed by atoms with Crippen LogP contribution < -0.4 is 0 Å². The van der Waals surface area contributed by atoms with E-state index in [1.807, 2.05) is 0 Å². The third kappa shape index (κ3) is 3.09.